The van der Waals surface area contributed by atoms with E-state index in [1.165, 1.54) is 0 Å². The molecule has 5 nitrogen and oxygen atoms in total. The van der Waals surface area contributed by atoms with Gasteiger partial charge in [0, 0.05) is 16.8 Å². The molecule has 0 saturated heterocycles. The molecule has 0 spiro atoms. The van der Waals surface area contributed by atoms with Crippen molar-refractivity contribution >= 4 is 23.2 Å². The van der Waals surface area contributed by atoms with Crippen molar-refractivity contribution in [1.82, 2.24) is 0 Å². The topological polar surface area (TPSA) is 71.7 Å². The first-order chi connectivity index (χ1) is 12.6. The highest BCUT2D eigenvalue weighted by Gasteiger charge is 2.11. The van der Waals surface area contributed by atoms with E-state index < -0.39 is 0 Å². The van der Waals surface area contributed by atoms with Crippen molar-refractivity contribution in [2.45, 2.75) is 13.5 Å². The number of rotatable bonds is 6. The molecule has 2 aromatic carbocycles. The normalized spacial score (nSPS) is 10.6. The Morgan fingerprint density at radius 1 is 1.19 bits per heavy atom. The highest BCUT2D eigenvalue weighted by atomic mass is 35.5. The minimum atomic E-state index is -0.275. The summed E-state index contributed by atoms with van der Waals surface area (Å²) >= 11 is 6.14. The van der Waals surface area contributed by atoms with E-state index in [2.05, 4.69) is 5.32 Å². The predicted molar refractivity (Wildman–Crippen MR) is 101 cm³/mol. The molecule has 0 fully saturated rings. The molecule has 0 aliphatic carbocycles. The molecule has 0 saturated carbocycles. The van der Waals surface area contributed by atoms with Gasteiger partial charge >= 0.3 is 0 Å². The highest BCUT2D eigenvalue weighted by molar-refractivity contribution is 6.32. The Kier molecular flexibility index (Phi) is 5.61. The summed E-state index contributed by atoms with van der Waals surface area (Å²) in [6.45, 7) is 2.21. The van der Waals surface area contributed by atoms with E-state index >= 15 is 0 Å². The number of furan rings is 1. The van der Waals surface area contributed by atoms with Crippen LogP contribution in [0.15, 0.2) is 59.0 Å². The number of aliphatic hydroxyl groups excluding tert-OH is 1. The van der Waals surface area contributed by atoms with Gasteiger partial charge < -0.3 is 19.6 Å². The van der Waals surface area contributed by atoms with E-state index in [1.807, 2.05) is 19.1 Å². The summed E-state index contributed by atoms with van der Waals surface area (Å²) in [5, 5.41) is 12.3. The third-order valence-electron chi connectivity index (χ3n) is 3.72. The first-order valence-electron chi connectivity index (χ1n) is 8.14. The van der Waals surface area contributed by atoms with Crippen molar-refractivity contribution in [2.75, 3.05) is 11.9 Å². The zero-order valence-electron chi connectivity index (χ0n) is 14.2. The maximum atomic E-state index is 12.5. The zero-order valence-corrected chi connectivity index (χ0v) is 14.9. The van der Waals surface area contributed by atoms with Gasteiger partial charge in [-0.1, -0.05) is 23.7 Å². The summed E-state index contributed by atoms with van der Waals surface area (Å²) in [6, 6.07) is 15.7. The van der Waals surface area contributed by atoms with Crippen molar-refractivity contribution < 1.29 is 19.1 Å². The number of carbonyl (C=O) groups is 1. The fraction of sp³-hybridized carbons (Fsp3) is 0.150. The second kappa shape index (κ2) is 8.08. The first-order valence-corrected chi connectivity index (χ1v) is 8.52. The van der Waals surface area contributed by atoms with Crippen molar-refractivity contribution in [2.24, 2.45) is 0 Å². The summed E-state index contributed by atoms with van der Waals surface area (Å²) in [7, 11) is 0. The quantitative estimate of drug-likeness (QED) is 0.656. The Morgan fingerprint density at radius 3 is 2.73 bits per heavy atom. The van der Waals surface area contributed by atoms with Gasteiger partial charge in [0.05, 0.1) is 11.6 Å². The van der Waals surface area contributed by atoms with E-state index in [-0.39, 0.29) is 12.5 Å². The summed E-state index contributed by atoms with van der Waals surface area (Å²) in [5.74, 6) is 1.38. The molecule has 3 rings (SSSR count). The molecular weight excluding hydrogens is 354 g/mol. The molecular formula is C20H18ClNO4. The molecule has 0 aliphatic heterocycles. The standard InChI is InChI=1S/C20H18ClNO4/c1-2-25-19-8-6-14(11-17(19)21)20(24)22-15-5-3-4-13(10-15)18-9-7-16(12-23)26-18/h3-11,23H,2,12H2,1H3,(H,22,24). The van der Waals surface area contributed by atoms with Gasteiger partial charge in [-0.3, -0.25) is 4.79 Å². The number of nitrogens with one attached hydrogen (secondary N) is 1. The van der Waals surface area contributed by atoms with Crippen LogP contribution in [0, 0.1) is 0 Å². The Balaban J connectivity index is 1.77. The summed E-state index contributed by atoms with van der Waals surface area (Å²) < 4.78 is 10.9. The third kappa shape index (κ3) is 4.07. The Bertz CT molecular complexity index is 920. The lowest BCUT2D eigenvalue weighted by molar-refractivity contribution is 0.102. The number of anilines is 1. The second-order valence-corrected chi connectivity index (χ2v) is 5.94. The summed E-state index contributed by atoms with van der Waals surface area (Å²) in [6.07, 6.45) is 0. The maximum absolute atomic E-state index is 12.5. The number of aliphatic hydroxyl groups is 1. The van der Waals surface area contributed by atoms with Crippen LogP contribution in [0.4, 0.5) is 5.69 Å². The van der Waals surface area contributed by atoms with E-state index in [1.54, 1.807) is 42.5 Å². The van der Waals surface area contributed by atoms with Crippen LogP contribution in [0.25, 0.3) is 11.3 Å². The lowest BCUT2D eigenvalue weighted by Crippen LogP contribution is -2.12. The number of benzene rings is 2. The molecule has 2 N–H and O–H groups in total. The monoisotopic (exact) mass is 371 g/mol. The average Bonchev–Trinajstić information content (AvgIpc) is 3.13. The fourth-order valence-electron chi connectivity index (χ4n) is 2.49. The zero-order chi connectivity index (χ0) is 18.5. The van der Waals surface area contributed by atoms with Gasteiger partial charge in [0.25, 0.3) is 5.91 Å². The van der Waals surface area contributed by atoms with E-state index in [4.69, 9.17) is 25.9 Å². The van der Waals surface area contributed by atoms with E-state index in [0.29, 0.717) is 40.2 Å². The van der Waals surface area contributed by atoms with Gasteiger partial charge in [-0.15, -0.1) is 0 Å². The Morgan fingerprint density at radius 2 is 2.04 bits per heavy atom. The molecule has 0 aliphatic rings. The lowest BCUT2D eigenvalue weighted by atomic mass is 10.1. The number of ether oxygens (including phenoxy) is 1. The molecule has 3 aromatic rings. The van der Waals surface area contributed by atoms with Gasteiger partial charge in [0.15, 0.2) is 0 Å². The van der Waals surface area contributed by atoms with Crippen LogP contribution in [0.5, 0.6) is 5.75 Å². The number of carbonyl (C=O) groups excluding carboxylic acids is 1. The van der Waals surface area contributed by atoms with Crippen LogP contribution in [-0.2, 0) is 6.61 Å². The summed E-state index contributed by atoms with van der Waals surface area (Å²) in [5.41, 5.74) is 1.86. The van der Waals surface area contributed by atoms with Crippen LogP contribution in [0.1, 0.15) is 23.0 Å². The SMILES string of the molecule is CCOc1ccc(C(=O)Nc2cccc(-c3ccc(CO)o3)c2)cc1Cl. The fourth-order valence-corrected chi connectivity index (χ4v) is 2.72. The molecule has 6 heteroatoms. The van der Waals surface area contributed by atoms with E-state index in [0.717, 1.165) is 5.56 Å². The molecule has 0 unspecified atom stereocenters. The smallest absolute Gasteiger partial charge is 0.255 e. The minimum Gasteiger partial charge on any atom is -0.492 e. The van der Waals surface area contributed by atoms with Gasteiger partial charge in [0.1, 0.15) is 23.9 Å². The molecule has 1 heterocycles. The molecule has 0 atom stereocenters. The van der Waals surface area contributed by atoms with Gasteiger partial charge in [-0.05, 0) is 49.4 Å². The van der Waals surface area contributed by atoms with Gasteiger partial charge in [0.2, 0.25) is 0 Å². The molecule has 0 bridgehead atoms. The first kappa shape index (κ1) is 18.0. The van der Waals surface area contributed by atoms with Crippen LogP contribution in [0.2, 0.25) is 5.02 Å². The van der Waals surface area contributed by atoms with Crippen molar-refractivity contribution in [3.05, 3.63) is 70.9 Å². The predicted octanol–water partition coefficient (Wildman–Crippen LogP) is 4.74. The summed E-state index contributed by atoms with van der Waals surface area (Å²) in [4.78, 5) is 12.5. The van der Waals surface area contributed by atoms with Crippen LogP contribution < -0.4 is 10.1 Å². The number of hydrogen-bond acceptors (Lipinski definition) is 4. The number of amides is 1. The van der Waals surface area contributed by atoms with Crippen molar-refractivity contribution in [1.29, 1.82) is 0 Å². The average molecular weight is 372 g/mol. The number of hydrogen-bond donors (Lipinski definition) is 2. The van der Waals surface area contributed by atoms with E-state index in [9.17, 15) is 4.79 Å². The molecule has 134 valence electrons. The molecule has 1 aromatic heterocycles. The minimum absolute atomic E-state index is 0.158. The van der Waals surface area contributed by atoms with Gasteiger partial charge in [-0.25, -0.2) is 0 Å². The van der Waals surface area contributed by atoms with Crippen molar-refractivity contribution in [3.63, 3.8) is 0 Å². The lowest BCUT2D eigenvalue weighted by Gasteiger charge is -2.09. The third-order valence-corrected chi connectivity index (χ3v) is 4.01. The molecule has 0 radical (unpaired) electrons. The Labute approximate surface area is 156 Å². The highest BCUT2D eigenvalue weighted by Crippen LogP contribution is 2.27. The maximum Gasteiger partial charge on any atom is 0.255 e. The van der Waals surface area contributed by atoms with Gasteiger partial charge in [-0.2, -0.15) is 0 Å². The molecule has 26 heavy (non-hydrogen) atoms. The van der Waals surface area contributed by atoms with Crippen LogP contribution in [-0.4, -0.2) is 17.6 Å². The van der Waals surface area contributed by atoms with Crippen LogP contribution >= 0.6 is 11.6 Å². The van der Waals surface area contributed by atoms with Crippen LogP contribution in [0.3, 0.4) is 0 Å². The number of halogens is 1. The molecule has 1 amide bonds. The van der Waals surface area contributed by atoms with Crippen molar-refractivity contribution in [3.8, 4) is 17.1 Å². The second-order valence-electron chi connectivity index (χ2n) is 5.54. The largest absolute Gasteiger partial charge is 0.492 e. The Hall–Kier alpha value is -2.76.